The second-order valence-corrected chi connectivity index (χ2v) is 6.27. The number of nitrogens with one attached hydrogen (secondary N) is 2. The molecule has 3 unspecified atom stereocenters. The predicted molar refractivity (Wildman–Crippen MR) is 78.3 cm³/mol. The molecule has 2 aliphatic rings. The third-order valence-corrected chi connectivity index (χ3v) is 4.78. The fraction of sp³-hybridized carbons (Fsp3) is 0.800. The summed E-state index contributed by atoms with van der Waals surface area (Å²) in [5, 5.41) is 11.8. The fourth-order valence-electron chi connectivity index (χ4n) is 3.74. The molecule has 19 heavy (non-hydrogen) atoms. The van der Waals surface area contributed by atoms with Crippen molar-refractivity contribution >= 4 is 5.82 Å². The quantitative estimate of drug-likeness (QED) is 0.879. The molecule has 1 saturated carbocycles. The molecule has 0 aromatic carbocycles. The van der Waals surface area contributed by atoms with Gasteiger partial charge in [0.15, 0.2) is 0 Å². The summed E-state index contributed by atoms with van der Waals surface area (Å²) in [4.78, 5) is 0. The standard InChI is InChI=1S/C15H26N4/c1-11-9-15(19(2)18-11)16-10-13-8-7-12-5-3-4-6-14(12)17-13/h9,12-14,16-17H,3-8,10H2,1-2H3. The molecule has 2 heterocycles. The van der Waals surface area contributed by atoms with E-state index in [1.807, 2.05) is 18.7 Å². The third-order valence-electron chi connectivity index (χ3n) is 4.78. The molecule has 1 aliphatic heterocycles. The summed E-state index contributed by atoms with van der Waals surface area (Å²) in [6, 6.07) is 3.52. The van der Waals surface area contributed by atoms with Gasteiger partial charge in [-0.2, -0.15) is 5.10 Å². The topological polar surface area (TPSA) is 41.9 Å². The van der Waals surface area contributed by atoms with E-state index >= 15 is 0 Å². The largest absolute Gasteiger partial charge is 0.369 e. The van der Waals surface area contributed by atoms with Gasteiger partial charge < -0.3 is 10.6 Å². The van der Waals surface area contributed by atoms with Crippen LogP contribution in [0.3, 0.4) is 0 Å². The van der Waals surface area contributed by atoms with Crippen molar-refractivity contribution in [2.45, 2.75) is 57.5 Å². The zero-order valence-electron chi connectivity index (χ0n) is 12.2. The summed E-state index contributed by atoms with van der Waals surface area (Å²) in [5.74, 6) is 2.08. The molecule has 4 heteroatoms. The van der Waals surface area contributed by atoms with Gasteiger partial charge in [0.25, 0.3) is 0 Å². The summed E-state index contributed by atoms with van der Waals surface area (Å²) in [6.07, 6.45) is 8.40. The highest BCUT2D eigenvalue weighted by Crippen LogP contribution is 2.32. The minimum Gasteiger partial charge on any atom is -0.369 e. The molecule has 0 amide bonds. The van der Waals surface area contributed by atoms with Crippen LogP contribution < -0.4 is 10.6 Å². The molecule has 0 spiro atoms. The number of hydrogen-bond acceptors (Lipinski definition) is 3. The molecular formula is C15H26N4. The lowest BCUT2D eigenvalue weighted by atomic mass is 9.78. The normalized spacial score (nSPS) is 30.9. The van der Waals surface area contributed by atoms with Gasteiger partial charge in [-0.05, 0) is 38.5 Å². The van der Waals surface area contributed by atoms with E-state index in [1.165, 1.54) is 38.5 Å². The SMILES string of the molecule is Cc1cc(NCC2CCC3CCCCC3N2)n(C)n1. The number of aromatic nitrogens is 2. The average molecular weight is 262 g/mol. The molecule has 1 saturated heterocycles. The lowest BCUT2D eigenvalue weighted by Crippen LogP contribution is -2.51. The van der Waals surface area contributed by atoms with E-state index in [-0.39, 0.29) is 0 Å². The van der Waals surface area contributed by atoms with Crippen LogP contribution in [0.25, 0.3) is 0 Å². The van der Waals surface area contributed by atoms with Gasteiger partial charge in [-0.15, -0.1) is 0 Å². The molecule has 1 aliphatic carbocycles. The van der Waals surface area contributed by atoms with Crippen LogP contribution >= 0.6 is 0 Å². The first-order chi connectivity index (χ1) is 9.22. The molecular weight excluding hydrogens is 236 g/mol. The van der Waals surface area contributed by atoms with Crippen LogP contribution in [0.5, 0.6) is 0 Å². The van der Waals surface area contributed by atoms with Gasteiger partial charge in [-0.1, -0.05) is 12.8 Å². The van der Waals surface area contributed by atoms with Crippen LogP contribution in [0.2, 0.25) is 0 Å². The zero-order valence-corrected chi connectivity index (χ0v) is 12.2. The van der Waals surface area contributed by atoms with E-state index in [0.717, 1.165) is 30.0 Å². The Morgan fingerprint density at radius 3 is 2.95 bits per heavy atom. The first-order valence-corrected chi connectivity index (χ1v) is 7.73. The van der Waals surface area contributed by atoms with Crippen LogP contribution in [0.4, 0.5) is 5.82 Å². The van der Waals surface area contributed by atoms with E-state index in [0.29, 0.717) is 6.04 Å². The van der Waals surface area contributed by atoms with Crippen molar-refractivity contribution in [2.24, 2.45) is 13.0 Å². The molecule has 0 bridgehead atoms. The van der Waals surface area contributed by atoms with E-state index in [4.69, 9.17) is 0 Å². The molecule has 1 aromatic heterocycles. The van der Waals surface area contributed by atoms with E-state index in [9.17, 15) is 0 Å². The van der Waals surface area contributed by atoms with Crippen molar-refractivity contribution in [2.75, 3.05) is 11.9 Å². The van der Waals surface area contributed by atoms with Crippen molar-refractivity contribution in [3.05, 3.63) is 11.8 Å². The molecule has 2 fully saturated rings. The smallest absolute Gasteiger partial charge is 0.124 e. The molecule has 3 atom stereocenters. The second-order valence-electron chi connectivity index (χ2n) is 6.27. The predicted octanol–water partition coefficient (Wildman–Crippen LogP) is 2.45. The highest BCUT2D eigenvalue weighted by molar-refractivity contribution is 5.36. The van der Waals surface area contributed by atoms with Crippen molar-refractivity contribution in [1.82, 2.24) is 15.1 Å². The fourth-order valence-corrected chi connectivity index (χ4v) is 3.74. The molecule has 106 valence electrons. The van der Waals surface area contributed by atoms with Crippen LogP contribution in [-0.2, 0) is 7.05 Å². The van der Waals surface area contributed by atoms with Gasteiger partial charge >= 0.3 is 0 Å². The maximum atomic E-state index is 4.37. The summed E-state index contributed by atoms with van der Waals surface area (Å²) < 4.78 is 1.93. The first kappa shape index (κ1) is 13.0. The van der Waals surface area contributed by atoms with Gasteiger partial charge in [0.05, 0.1) is 5.69 Å². The Labute approximate surface area is 116 Å². The molecule has 4 nitrogen and oxygen atoms in total. The average Bonchev–Trinajstić information content (AvgIpc) is 2.74. The van der Waals surface area contributed by atoms with E-state index in [2.05, 4.69) is 21.8 Å². The summed E-state index contributed by atoms with van der Waals surface area (Å²) in [6.45, 7) is 3.05. The van der Waals surface area contributed by atoms with Gasteiger partial charge in [0, 0.05) is 31.7 Å². The number of rotatable bonds is 3. The number of piperidine rings is 1. The van der Waals surface area contributed by atoms with Crippen LogP contribution in [0.15, 0.2) is 6.07 Å². The second kappa shape index (κ2) is 5.53. The Hall–Kier alpha value is -1.03. The number of nitrogens with zero attached hydrogens (tertiary/aromatic N) is 2. The third kappa shape index (κ3) is 2.94. The van der Waals surface area contributed by atoms with Gasteiger partial charge in [-0.25, -0.2) is 0 Å². The summed E-state index contributed by atoms with van der Waals surface area (Å²) in [5.41, 5.74) is 1.08. The molecule has 2 N–H and O–H groups in total. The van der Waals surface area contributed by atoms with Gasteiger partial charge in [0.1, 0.15) is 5.82 Å². The van der Waals surface area contributed by atoms with Crippen LogP contribution in [-0.4, -0.2) is 28.4 Å². The summed E-state index contributed by atoms with van der Waals surface area (Å²) >= 11 is 0. The maximum absolute atomic E-state index is 4.37. The Bertz CT molecular complexity index is 426. The Morgan fingerprint density at radius 1 is 1.32 bits per heavy atom. The molecule has 1 aromatic rings. The maximum Gasteiger partial charge on any atom is 0.124 e. The number of anilines is 1. The minimum atomic E-state index is 0.620. The van der Waals surface area contributed by atoms with Crippen molar-refractivity contribution in [3.8, 4) is 0 Å². The number of hydrogen-bond donors (Lipinski definition) is 2. The monoisotopic (exact) mass is 262 g/mol. The highest BCUT2D eigenvalue weighted by atomic mass is 15.3. The highest BCUT2D eigenvalue weighted by Gasteiger charge is 2.31. The lowest BCUT2D eigenvalue weighted by molar-refractivity contribution is 0.180. The van der Waals surface area contributed by atoms with Crippen LogP contribution in [0.1, 0.15) is 44.2 Å². The zero-order chi connectivity index (χ0) is 13.2. The first-order valence-electron chi connectivity index (χ1n) is 7.73. The molecule has 3 rings (SSSR count). The summed E-state index contributed by atoms with van der Waals surface area (Å²) in [7, 11) is 2.00. The Kier molecular flexibility index (Phi) is 3.78. The minimum absolute atomic E-state index is 0.620. The van der Waals surface area contributed by atoms with E-state index < -0.39 is 0 Å². The Balaban J connectivity index is 1.52. The molecule has 0 radical (unpaired) electrons. The van der Waals surface area contributed by atoms with Crippen LogP contribution in [0, 0.1) is 12.8 Å². The van der Waals surface area contributed by atoms with E-state index in [1.54, 1.807) is 0 Å². The van der Waals surface area contributed by atoms with Crippen molar-refractivity contribution < 1.29 is 0 Å². The Morgan fingerprint density at radius 2 is 2.16 bits per heavy atom. The van der Waals surface area contributed by atoms with Crippen molar-refractivity contribution in [1.29, 1.82) is 0 Å². The van der Waals surface area contributed by atoms with Gasteiger partial charge in [0.2, 0.25) is 0 Å². The number of fused-ring (bicyclic) bond motifs is 1. The number of aryl methyl sites for hydroxylation is 2. The van der Waals surface area contributed by atoms with Gasteiger partial charge in [-0.3, -0.25) is 4.68 Å². The lowest BCUT2D eigenvalue weighted by Gasteiger charge is -2.40. The van der Waals surface area contributed by atoms with Crippen molar-refractivity contribution in [3.63, 3.8) is 0 Å².